The highest BCUT2D eigenvalue weighted by Crippen LogP contribution is 2.14. The van der Waals surface area contributed by atoms with Crippen LogP contribution in [0.25, 0.3) is 0 Å². The molecule has 0 aromatic carbocycles. The molecular formula is C55H96O6. The molecule has 0 aliphatic carbocycles. The largest absolute Gasteiger partial charge is 0.462 e. The maximum Gasteiger partial charge on any atom is 0.306 e. The smallest absolute Gasteiger partial charge is 0.306 e. The lowest BCUT2D eigenvalue weighted by Gasteiger charge is -2.18. The highest BCUT2D eigenvalue weighted by atomic mass is 16.6. The van der Waals surface area contributed by atoms with Crippen molar-refractivity contribution in [1.82, 2.24) is 0 Å². The van der Waals surface area contributed by atoms with E-state index in [4.69, 9.17) is 14.2 Å². The van der Waals surface area contributed by atoms with Gasteiger partial charge in [-0.25, -0.2) is 0 Å². The third-order valence-corrected chi connectivity index (χ3v) is 11.0. The average molecular weight is 853 g/mol. The molecule has 6 nitrogen and oxygen atoms in total. The van der Waals surface area contributed by atoms with E-state index in [-0.39, 0.29) is 31.1 Å². The molecule has 0 saturated heterocycles. The summed E-state index contributed by atoms with van der Waals surface area (Å²) in [5.74, 6) is -0.943. The minimum atomic E-state index is -0.793. The fourth-order valence-corrected chi connectivity index (χ4v) is 7.01. The van der Waals surface area contributed by atoms with E-state index in [9.17, 15) is 14.4 Å². The minimum absolute atomic E-state index is 0.0923. The molecule has 0 unspecified atom stereocenters. The molecule has 0 heterocycles. The first kappa shape index (κ1) is 58.1. The van der Waals surface area contributed by atoms with Crippen LogP contribution in [-0.2, 0) is 28.6 Å². The van der Waals surface area contributed by atoms with Gasteiger partial charge in [0.15, 0.2) is 6.10 Å². The Morgan fingerprint density at radius 3 is 1.05 bits per heavy atom. The monoisotopic (exact) mass is 853 g/mol. The van der Waals surface area contributed by atoms with Crippen LogP contribution in [0.3, 0.4) is 0 Å². The molecule has 0 fully saturated rings. The van der Waals surface area contributed by atoms with Crippen molar-refractivity contribution in [2.24, 2.45) is 0 Å². The molecule has 0 radical (unpaired) electrons. The standard InChI is InChI=1S/C55H96O6/c1-4-7-10-13-16-19-22-24-26-27-29-31-34-37-40-43-46-49-55(58)61-52(50-59-53(56)47-44-41-38-35-32-21-18-15-12-9-6-3)51-60-54(57)48-45-42-39-36-33-30-28-25-23-20-17-14-11-8-5-2/h15,17-18,20,24-26,28,33,36,52H,4-14,16,19,21-23,27,29-32,34-35,37-51H2,1-3H3/b18-15-,20-17-,26-24-,28-25-,36-33-/t52-/m0/s1. The summed E-state index contributed by atoms with van der Waals surface area (Å²) in [5, 5.41) is 0. The lowest BCUT2D eigenvalue weighted by atomic mass is 10.1. The van der Waals surface area contributed by atoms with Crippen molar-refractivity contribution < 1.29 is 28.6 Å². The first-order chi connectivity index (χ1) is 30.0. The summed E-state index contributed by atoms with van der Waals surface area (Å²) in [6.07, 6.45) is 60.6. The van der Waals surface area contributed by atoms with Crippen LogP contribution in [0, 0.1) is 0 Å². The van der Waals surface area contributed by atoms with E-state index in [2.05, 4.69) is 81.5 Å². The number of unbranched alkanes of at least 4 members (excludes halogenated alkanes) is 25. The Morgan fingerprint density at radius 1 is 0.328 bits per heavy atom. The number of allylic oxidation sites excluding steroid dienone is 10. The fourth-order valence-electron chi connectivity index (χ4n) is 7.01. The van der Waals surface area contributed by atoms with Gasteiger partial charge in [-0.3, -0.25) is 14.4 Å². The molecule has 0 saturated carbocycles. The van der Waals surface area contributed by atoms with Gasteiger partial charge in [-0.2, -0.15) is 0 Å². The second kappa shape index (κ2) is 49.8. The van der Waals surface area contributed by atoms with Crippen molar-refractivity contribution in [2.45, 2.75) is 258 Å². The van der Waals surface area contributed by atoms with Crippen LogP contribution in [0.4, 0.5) is 0 Å². The summed E-state index contributed by atoms with van der Waals surface area (Å²) < 4.78 is 16.7. The van der Waals surface area contributed by atoms with Gasteiger partial charge in [-0.15, -0.1) is 0 Å². The Labute approximate surface area is 377 Å². The van der Waals surface area contributed by atoms with Gasteiger partial charge >= 0.3 is 17.9 Å². The van der Waals surface area contributed by atoms with Crippen LogP contribution >= 0.6 is 0 Å². The second-order valence-corrected chi connectivity index (χ2v) is 17.1. The summed E-state index contributed by atoms with van der Waals surface area (Å²) in [6, 6.07) is 0. The normalized spacial score (nSPS) is 12.5. The Morgan fingerprint density at radius 2 is 0.607 bits per heavy atom. The zero-order valence-corrected chi connectivity index (χ0v) is 40.2. The summed E-state index contributed by atoms with van der Waals surface area (Å²) >= 11 is 0. The molecule has 61 heavy (non-hydrogen) atoms. The number of ether oxygens (including phenoxy) is 3. The van der Waals surface area contributed by atoms with Crippen LogP contribution in [0.1, 0.15) is 252 Å². The van der Waals surface area contributed by atoms with Crippen LogP contribution in [-0.4, -0.2) is 37.2 Å². The lowest BCUT2D eigenvalue weighted by molar-refractivity contribution is -0.167. The van der Waals surface area contributed by atoms with E-state index in [0.29, 0.717) is 19.3 Å². The molecular weight excluding hydrogens is 757 g/mol. The number of hydrogen-bond donors (Lipinski definition) is 0. The average Bonchev–Trinajstić information content (AvgIpc) is 3.26. The van der Waals surface area contributed by atoms with E-state index >= 15 is 0 Å². The van der Waals surface area contributed by atoms with E-state index in [1.54, 1.807) is 0 Å². The molecule has 0 bridgehead atoms. The third kappa shape index (κ3) is 48.0. The van der Waals surface area contributed by atoms with Gasteiger partial charge in [-0.05, 0) is 103 Å². The van der Waals surface area contributed by atoms with Crippen molar-refractivity contribution in [3.63, 3.8) is 0 Å². The van der Waals surface area contributed by atoms with E-state index in [1.165, 1.54) is 135 Å². The Hall–Kier alpha value is -2.89. The van der Waals surface area contributed by atoms with Crippen molar-refractivity contribution >= 4 is 17.9 Å². The molecule has 0 N–H and O–H groups in total. The van der Waals surface area contributed by atoms with Crippen LogP contribution in [0.2, 0.25) is 0 Å². The molecule has 0 aliphatic heterocycles. The molecule has 0 rings (SSSR count). The van der Waals surface area contributed by atoms with Crippen LogP contribution < -0.4 is 0 Å². The Bertz CT molecular complexity index is 1120. The molecule has 0 aromatic rings. The molecule has 0 amide bonds. The number of hydrogen-bond acceptors (Lipinski definition) is 6. The number of carbonyl (C=O) groups excluding carboxylic acids is 3. The maximum absolute atomic E-state index is 12.8. The summed E-state index contributed by atoms with van der Waals surface area (Å²) in [6.45, 7) is 6.52. The molecule has 1 atom stereocenters. The Kier molecular flexibility index (Phi) is 47.4. The number of esters is 3. The van der Waals surface area contributed by atoms with Gasteiger partial charge in [0.2, 0.25) is 0 Å². The van der Waals surface area contributed by atoms with Crippen LogP contribution in [0.5, 0.6) is 0 Å². The van der Waals surface area contributed by atoms with E-state index in [1.807, 2.05) is 0 Å². The van der Waals surface area contributed by atoms with Gasteiger partial charge < -0.3 is 14.2 Å². The van der Waals surface area contributed by atoms with Gasteiger partial charge in [0.1, 0.15) is 13.2 Å². The zero-order valence-electron chi connectivity index (χ0n) is 40.2. The van der Waals surface area contributed by atoms with Gasteiger partial charge in [0, 0.05) is 19.3 Å². The molecule has 352 valence electrons. The topological polar surface area (TPSA) is 78.9 Å². The molecule has 0 aliphatic rings. The first-order valence-corrected chi connectivity index (χ1v) is 25.8. The van der Waals surface area contributed by atoms with Gasteiger partial charge in [-0.1, -0.05) is 191 Å². The highest BCUT2D eigenvalue weighted by molar-refractivity contribution is 5.71. The van der Waals surface area contributed by atoms with Gasteiger partial charge in [0.25, 0.3) is 0 Å². The maximum atomic E-state index is 12.8. The SMILES string of the molecule is CCCC/C=C\CCCCCCCC(=O)OC[C@@H](COC(=O)CCCC/C=C\C/C=C\C/C=C\CCCCC)OC(=O)CCCCCCCCC/C=C\CCCCCCCC. The van der Waals surface area contributed by atoms with Crippen molar-refractivity contribution in [2.75, 3.05) is 13.2 Å². The molecule has 0 spiro atoms. The first-order valence-electron chi connectivity index (χ1n) is 25.8. The summed E-state index contributed by atoms with van der Waals surface area (Å²) in [4.78, 5) is 37.9. The Balaban J connectivity index is 4.43. The highest BCUT2D eigenvalue weighted by Gasteiger charge is 2.19. The van der Waals surface area contributed by atoms with Gasteiger partial charge in [0.05, 0.1) is 0 Å². The lowest BCUT2D eigenvalue weighted by Crippen LogP contribution is -2.30. The number of rotatable bonds is 46. The predicted octanol–water partition coefficient (Wildman–Crippen LogP) is 16.9. The second-order valence-electron chi connectivity index (χ2n) is 17.1. The van der Waals surface area contributed by atoms with Crippen molar-refractivity contribution in [1.29, 1.82) is 0 Å². The fraction of sp³-hybridized carbons (Fsp3) is 0.764. The van der Waals surface area contributed by atoms with Crippen molar-refractivity contribution in [3.8, 4) is 0 Å². The van der Waals surface area contributed by atoms with E-state index < -0.39 is 6.10 Å². The molecule has 0 aromatic heterocycles. The quantitative estimate of drug-likeness (QED) is 0.0263. The predicted molar refractivity (Wildman–Crippen MR) is 261 cm³/mol. The van der Waals surface area contributed by atoms with Crippen molar-refractivity contribution in [3.05, 3.63) is 60.8 Å². The van der Waals surface area contributed by atoms with Crippen LogP contribution in [0.15, 0.2) is 60.8 Å². The summed E-state index contributed by atoms with van der Waals surface area (Å²) in [5.41, 5.74) is 0. The van der Waals surface area contributed by atoms with E-state index in [0.717, 1.165) is 77.0 Å². The molecule has 6 heteroatoms. The number of carbonyl (C=O) groups is 3. The zero-order chi connectivity index (χ0) is 44.4. The third-order valence-electron chi connectivity index (χ3n) is 11.0. The summed E-state index contributed by atoms with van der Waals surface area (Å²) in [7, 11) is 0. The minimum Gasteiger partial charge on any atom is -0.462 e.